The van der Waals surface area contributed by atoms with Crippen LogP contribution in [0.15, 0.2) is 91.0 Å². The van der Waals surface area contributed by atoms with Crippen LogP contribution in [0.25, 0.3) is 22.3 Å². The molecule has 0 bridgehead atoms. The summed E-state index contributed by atoms with van der Waals surface area (Å²) in [5.74, 6) is 0. The Morgan fingerprint density at radius 3 is 2.06 bits per heavy atom. The molecule has 0 saturated heterocycles. The second kappa shape index (κ2) is 7.38. The highest BCUT2D eigenvalue weighted by Crippen LogP contribution is 2.49. The largest absolute Gasteiger partial charge is 0.355 e. The molecule has 0 amide bonds. The quantitative estimate of drug-likeness (QED) is 0.351. The molecule has 4 aromatic carbocycles. The van der Waals surface area contributed by atoms with E-state index < -0.39 is 0 Å². The number of benzene rings is 4. The van der Waals surface area contributed by atoms with Gasteiger partial charge in [-0.25, -0.2) is 0 Å². The molecule has 5 rings (SSSR count). The van der Waals surface area contributed by atoms with Crippen molar-refractivity contribution in [3.63, 3.8) is 0 Å². The van der Waals surface area contributed by atoms with Crippen molar-refractivity contribution in [2.24, 2.45) is 0 Å². The number of rotatable bonds is 3. The van der Waals surface area contributed by atoms with Crippen LogP contribution in [0.1, 0.15) is 51.3 Å². The molecule has 1 heteroatoms. The standard InChI is InChI=1S/C31H31N/c1-30(2,3)22-15-18-29(25(19-22)21-11-7-6-8-12-21)32-23-16-17-28-26(20-23)24-13-9-10-14-27(24)31(28,4)5/h6-20,32H,1-5H3. The maximum absolute atomic E-state index is 3.74. The third-order valence-electron chi connectivity index (χ3n) is 6.83. The van der Waals surface area contributed by atoms with Gasteiger partial charge in [0, 0.05) is 22.4 Å². The van der Waals surface area contributed by atoms with Crippen LogP contribution in [0.2, 0.25) is 0 Å². The minimum atomic E-state index is 0.0357. The lowest BCUT2D eigenvalue weighted by Crippen LogP contribution is -2.14. The summed E-state index contributed by atoms with van der Waals surface area (Å²) < 4.78 is 0. The lowest BCUT2D eigenvalue weighted by atomic mass is 9.82. The normalized spacial score (nSPS) is 14.0. The topological polar surface area (TPSA) is 12.0 Å². The van der Waals surface area contributed by atoms with Crippen molar-refractivity contribution in [3.8, 4) is 22.3 Å². The Hall–Kier alpha value is -3.32. The Balaban J connectivity index is 1.59. The molecular formula is C31H31N. The second-order valence-electron chi connectivity index (χ2n) is 10.4. The van der Waals surface area contributed by atoms with E-state index in [2.05, 4.69) is 131 Å². The van der Waals surface area contributed by atoms with E-state index in [9.17, 15) is 0 Å². The highest BCUT2D eigenvalue weighted by Gasteiger charge is 2.35. The number of hydrogen-bond donors (Lipinski definition) is 1. The van der Waals surface area contributed by atoms with Gasteiger partial charge in [0.15, 0.2) is 0 Å². The smallest absolute Gasteiger partial charge is 0.0464 e. The van der Waals surface area contributed by atoms with Crippen molar-refractivity contribution in [2.45, 2.75) is 45.4 Å². The fraction of sp³-hybridized carbons (Fsp3) is 0.226. The van der Waals surface area contributed by atoms with Crippen LogP contribution in [0.5, 0.6) is 0 Å². The summed E-state index contributed by atoms with van der Waals surface area (Å²) >= 11 is 0. The molecular weight excluding hydrogens is 386 g/mol. The zero-order valence-electron chi connectivity index (χ0n) is 19.7. The van der Waals surface area contributed by atoms with Crippen molar-refractivity contribution in [2.75, 3.05) is 5.32 Å². The predicted molar refractivity (Wildman–Crippen MR) is 138 cm³/mol. The van der Waals surface area contributed by atoms with Gasteiger partial charge in [-0.05, 0) is 63.1 Å². The second-order valence-corrected chi connectivity index (χ2v) is 10.4. The van der Waals surface area contributed by atoms with Crippen molar-refractivity contribution in [3.05, 3.63) is 108 Å². The van der Waals surface area contributed by atoms with Crippen LogP contribution in [0.3, 0.4) is 0 Å². The average Bonchev–Trinajstić information content (AvgIpc) is 3.01. The molecule has 1 nitrogen and oxygen atoms in total. The minimum absolute atomic E-state index is 0.0357. The molecule has 0 unspecified atom stereocenters. The first-order chi connectivity index (χ1) is 15.2. The third kappa shape index (κ3) is 3.42. The number of fused-ring (bicyclic) bond motifs is 3. The molecule has 0 radical (unpaired) electrons. The fourth-order valence-electron chi connectivity index (χ4n) is 4.93. The third-order valence-corrected chi connectivity index (χ3v) is 6.83. The van der Waals surface area contributed by atoms with Gasteiger partial charge in [0.1, 0.15) is 0 Å². The van der Waals surface area contributed by atoms with Crippen LogP contribution in [0, 0.1) is 0 Å². The highest BCUT2D eigenvalue weighted by atomic mass is 14.9. The predicted octanol–water partition coefficient (Wildman–Crippen LogP) is 8.70. The number of nitrogens with one attached hydrogen (secondary N) is 1. The minimum Gasteiger partial charge on any atom is -0.355 e. The summed E-state index contributed by atoms with van der Waals surface area (Å²) in [7, 11) is 0. The van der Waals surface area contributed by atoms with E-state index in [1.54, 1.807) is 0 Å². The molecule has 0 aromatic heterocycles. The van der Waals surface area contributed by atoms with Crippen LogP contribution >= 0.6 is 0 Å². The van der Waals surface area contributed by atoms with Crippen molar-refractivity contribution >= 4 is 11.4 Å². The zero-order chi connectivity index (χ0) is 22.5. The molecule has 160 valence electrons. The van der Waals surface area contributed by atoms with Gasteiger partial charge in [0.25, 0.3) is 0 Å². The summed E-state index contributed by atoms with van der Waals surface area (Å²) in [6.07, 6.45) is 0. The molecule has 1 N–H and O–H groups in total. The maximum atomic E-state index is 3.74. The Morgan fingerprint density at radius 2 is 1.31 bits per heavy atom. The van der Waals surface area contributed by atoms with Crippen LogP contribution in [-0.2, 0) is 10.8 Å². The lowest BCUT2D eigenvalue weighted by molar-refractivity contribution is 0.590. The van der Waals surface area contributed by atoms with Gasteiger partial charge in [0.2, 0.25) is 0 Å². The van der Waals surface area contributed by atoms with Gasteiger partial charge < -0.3 is 5.32 Å². The van der Waals surface area contributed by atoms with E-state index in [1.165, 1.54) is 38.9 Å². The fourth-order valence-corrected chi connectivity index (χ4v) is 4.93. The Bertz CT molecular complexity index is 1290. The van der Waals surface area contributed by atoms with E-state index >= 15 is 0 Å². The van der Waals surface area contributed by atoms with Crippen molar-refractivity contribution in [1.29, 1.82) is 0 Å². The van der Waals surface area contributed by atoms with E-state index in [1.807, 2.05) is 0 Å². The molecule has 1 aliphatic carbocycles. The van der Waals surface area contributed by atoms with Gasteiger partial charge in [-0.15, -0.1) is 0 Å². The van der Waals surface area contributed by atoms with Gasteiger partial charge >= 0.3 is 0 Å². The van der Waals surface area contributed by atoms with Crippen LogP contribution in [0.4, 0.5) is 11.4 Å². The van der Waals surface area contributed by atoms with Gasteiger partial charge in [-0.3, -0.25) is 0 Å². The van der Waals surface area contributed by atoms with Crippen LogP contribution < -0.4 is 5.32 Å². The monoisotopic (exact) mass is 417 g/mol. The molecule has 0 saturated carbocycles. The summed E-state index contributed by atoms with van der Waals surface area (Å²) in [5.41, 5.74) is 11.7. The average molecular weight is 418 g/mol. The molecule has 4 aromatic rings. The Kier molecular flexibility index (Phi) is 4.74. The SMILES string of the molecule is CC(C)(C)c1ccc(Nc2ccc3c(c2)-c2ccccc2C3(C)C)c(-c2ccccc2)c1. The Labute approximate surface area is 192 Å². The summed E-state index contributed by atoms with van der Waals surface area (Å²) in [5, 5.41) is 3.74. The summed E-state index contributed by atoms with van der Waals surface area (Å²) in [4.78, 5) is 0. The number of anilines is 2. The molecule has 32 heavy (non-hydrogen) atoms. The van der Waals surface area contributed by atoms with Crippen molar-refractivity contribution in [1.82, 2.24) is 0 Å². The molecule has 0 heterocycles. The van der Waals surface area contributed by atoms with Crippen LogP contribution in [-0.4, -0.2) is 0 Å². The molecule has 0 spiro atoms. The molecule has 1 aliphatic rings. The molecule has 0 fully saturated rings. The maximum Gasteiger partial charge on any atom is 0.0464 e. The summed E-state index contributed by atoms with van der Waals surface area (Å²) in [6, 6.07) is 33.1. The van der Waals surface area contributed by atoms with Gasteiger partial charge in [-0.1, -0.05) is 101 Å². The first-order valence-electron chi connectivity index (χ1n) is 11.5. The first-order valence-corrected chi connectivity index (χ1v) is 11.5. The van der Waals surface area contributed by atoms with E-state index in [0.717, 1.165) is 11.4 Å². The summed E-state index contributed by atoms with van der Waals surface area (Å²) in [6.45, 7) is 11.4. The first kappa shape index (κ1) is 20.6. The lowest BCUT2D eigenvalue weighted by Gasteiger charge is -2.23. The van der Waals surface area contributed by atoms with E-state index in [4.69, 9.17) is 0 Å². The molecule has 0 atom stereocenters. The number of hydrogen-bond acceptors (Lipinski definition) is 1. The Morgan fingerprint density at radius 1 is 0.625 bits per heavy atom. The van der Waals surface area contributed by atoms with E-state index in [-0.39, 0.29) is 10.8 Å². The van der Waals surface area contributed by atoms with Gasteiger partial charge in [0.05, 0.1) is 0 Å². The van der Waals surface area contributed by atoms with Crippen molar-refractivity contribution < 1.29 is 0 Å². The highest BCUT2D eigenvalue weighted by molar-refractivity contribution is 5.86. The van der Waals surface area contributed by atoms with Gasteiger partial charge in [-0.2, -0.15) is 0 Å². The zero-order valence-corrected chi connectivity index (χ0v) is 19.7. The van der Waals surface area contributed by atoms with E-state index in [0.29, 0.717) is 0 Å². The molecule has 0 aliphatic heterocycles.